The molecule has 0 unspecified atom stereocenters. The lowest BCUT2D eigenvalue weighted by molar-refractivity contribution is 0.340. The topological polar surface area (TPSA) is 80.9 Å². The molecule has 0 atom stereocenters. The van der Waals surface area contributed by atoms with E-state index >= 15 is 0 Å². The fourth-order valence-electron chi connectivity index (χ4n) is 2.36. The highest BCUT2D eigenvalue weighted by Crippen LogP contribution is 2.19. The molecule has 0 aliphatic heterocycles. The van der Waals surface area contributed by atoms with Crippen LogP contribution >= 0.6 is 11.6 Å². The Hall–Kier alpha value is -2.61. The zero-order valence-electron chi connectivity index (χ0n) is 15.1. The molecule has 3 aromatic rings. The molecule has 0 aliphatic rings. The van der Waals surface area contributed by atoms with Crippen LogP contribution in [-0.4, -0.2) is 21.2 Å². The second-order valence-electron chi connectivity index (χ2n) is 5.77. The summed E-state index contributed by atoms with van der Waals surface area (Å²) in [6, 6.07) is 16.7. The van der Waals surface area contributed by atoms with Gasteiger partial charge >= 0.3 is 0 Å². The van der Waals surface area contributed by atoms with Gasteiger partial charge < -0.3 is 9.15 Å². The van der Waals surface area contributed by atoms with Gasteiger partial charge in [0.15, 0.2) is 0 Å². The number of nitrogens with zero attached hydrogens (tertiary/aromatic N) is 1. The van der Waals surface area contributed by atoms with Crippen LogP contribution in [0, 0.1) is 0 Å². The number of hydrogen-bond donors (Lipinski definition) is 1. The van der Waals surface area contributed by atoms with E-state index in [1.54, 1.807) is 18.3 Å². The maximum absolute atomic E-state index is 12.3. The van der Waals surface area contributed by atoms with Crippen LogP contribution in [0.1, 0.15) is 18.4 Å². The lowest BCUT2D eigenvalue weighted by Crippen LogP contribution is -2.22. The molecule has 146 valence electrons. The molecule has 0 bridgehead atoms. The van der Waals surface area contributed by atoms with Gasteiger partial charge in [-0.3, -0.25) is 4.99 Å². The van der Waals surface area contributed by atoms with Crippen LogP contribution in [0.4, 0.5) is 5.69 Å². The summed E-state index contributed by atoms with van der Waals surface area (Å²) in [5.74, 6) is 1.79. The third kappa shape index (κ3) is 5.45. The number of benzene rings is 2. The van der Waals surface area contributed by atoms with Gasteiger partial charge in [0.25, 0.3) is 0 Å². The summed E-state index contributed by atoms with van der Waals surface area (Å²) in [6.45, 7) is 2.57. The van der Waals surface area contributed by atoms with Crippen LogP contribution in [-0.2, 0) is 16.6 Å². The van der Waals surface area contributed by atoms with Gasteiger partial charge in [-0.15, -0.1) is 0 Å². The van der Waals surface area contributed by atoms with Crippen molar-refractivity contribution in [3.05, 3.63) is 77.2 Å². The number of ether oxygens (including phenoxy) is 1. The third-order valence-corrected chi connectivity index (χ3v) is 5.40. The predicted octanol–water partition coefficient (Wildman–Crippen LogP) is 4.56. The molecule has 1 N–H and O–H groups in total. The molecule has 0 saturated carbocycles. The molecular formula is C20H19ClN2O4S. The average molecular weight is 419 g/mol. The monoisotopic (exact) mass is 418 g/mol. The van der Waals surface area contributed by atoms with Crippen LogP contribution < -0.4 is 9.46 Å². The Balaban J connectivity index is 1.60. The fourth-order valence-corrected chi connectivity index (χ4v) is 3.47. The molecule has 0 saturated heterocycles. The molecule has 0 radical (unpaired) electrons. The first-order valence-corrected chi connectivity index (χ1v) is 10.4. The van der Waals surface area contributed by atoms with Crippen LogP contribution in [0.2, 0.25) is 5.02 Å². The van der Waals surface area contributed by atoms with Crippen molar-refractivity contribution in [3.8, 4) is 5.75 Å². The average Bonchev–Trinajstić information content (AvgIpc) is 3.15. The molecule has 6 nitrogen and oxygen atoms in total. The van der Waals surface area contributed by atoms with Crippen LogP contribution in [0.15, 0.2) is 75.0 Å². The minimum atomic E-state index is -3.64. The van der Waals surface area contributed by atoms with Gasteiger partial charge in [-0.05, 0) is 67.6 Å². The molecule has 2 aromatic carbocycles. The van der Waals surface area contributed by atoms with Gasteiger partial charge in [-0.2, -0.15) is 0 Å². The number of halogens is 1. The molecule has 3 rings (SSSR count). The van der Waals surface area contributed by atoms with E-state index in [0.717, 1.165) is 11.4 Å². The molecule has 0 spiro atoms. The predicted molar refractivity (Wildman–Crippen MR) is 109 cm³/mol. The number of sulfonamides is 1. The smallest absolute Gasteiger partial charge is 0.240 e. The SMILES string of the molecule is CCOc1ccc(N=Cc2ccc(CNS(=O)(=O)c3ccc(Cl)cc3)o2)cc1. The first-order chi connectivity index (χ1) is 13.5. The minimum absolute atomic E-state index is 0.0296. The summed E-state index contributed by atoms with van der Waals surface area (Å²) in [5.41, 5.74) is 0.754. The van der Waals surface area contributed by atoms with E-state index < -0.39 is 10.0 Å². The standard InChI is InChI=1S/C20H19ClN2O4S/c1-2-26-17-7-5-16(6-8-17)22-13-18-9-10-19(27-18)14-23-28(24,25)20-11-3-15(21)4-12-20/h3-13,23H,2,14H2,1H3. The summed E-state index contributed by atoms with van der Waals surface area (Å²) < 4.78 is 38.0. The third-order valence-electron chi connectivity index (χ3n) is 3.73. The van der Waals surface area contributed by atoms with Crippen molar-refractivity contribution in [2.24, 2.45) is 4.99 Å². The fraction of sp³-hybridized carbons (Fsp3) is 0.150. The molecule has 0 fully saturated rings. The first-order valence-electron chi connectivity index (χ1n) is 8.57. The quantitative estimate of drug-likeness (QED) is 0.543. The van der Waals surface area contributed by atoms with E-state index in [0.29, 0.717) is 23.2 Å². The molecule has 0 aliphatic carbocycles. The van der Waals surface area contributed by atoms with Crippen molar-refractivity contribution in [1.29, 1.82) is 0 Å². The molecule has 8 heteroatoms. The Morgan fingerprint density at radius 2 is 1.79 bits per heavy atom. The Morgan fingerprint density at radius 1 is 1.07 bits per heavy atom. The molecular weight excluding hydrogens is 400 g/mol. The summed E-state index contributed by atoms with van der Waals surface area (Å²) in [4.78, 5) is 4.47. The highest BCUT2D eigenvalue weighted by Gasteiger charge is 2.14. The number of aliphatic imine (C=N–C) groups is 1. The summed E-state index contributed by atoms with van der Waals surface area (Å²) in [7, 11) is -3.64. The van der Waals surface area contributed by atoms with Crippen LogP contribution in [0.25, 0.3) is 0 Å². The van der Waals surface area contributed by atoms with Crippen LogP contribution in [0.3, 0.4) is 0 Å². The Kier molecular flexibility index (Phi) is 6.51. The molecule has 28 heavy (non-hydrogen) atoms. The van der Waals surface area contributed by atoms with E-state index in [9.17, 15) is 8.42 Å². The van der Waals surface area contributed by atoms with Crippen molar-refractivity contribution in [2.75, 3.05) is 6.61 Å². The van der Waals surface area contributed by atoms with Gasteiger partial charge in [-0.25, -0.2) is 13.1 Å². The number of nitrogens with one attached hydrogen (secondary N) is 1. The van der Waals surface area contributed by atoms with E-state index in [-0.39, 0.29) is 11.4 Å². The maximum Gasteiger partial charge on any atom is 0.240 e. The highest BCUT2D eigenvalue weighted by atomic mass is 35.5. The van der Waals surface area contributed by atoms with Gasteiger partial charge in [-0.1, -0.05) is 11.6 Å². The number of furan rings is 1. The summed E-state index contributed by atoms with van der Waals surface area (Å²) in [5, 5.41) is 0.474. The van der Waals surface area contributed by atoms with E-state index in [2.05, 4.69) is 9.71 Å². The number of hydrogen-bond acceptors (Lipinski definition) is 5. The van der Waals surface area contributed by atoms with Gasteiger partial charge in [0.1, 0.15) is 17.3 Å². The lowest BCUT2D eigenvalue weighted by atomic mass is 10.3. The van der Waals surface area contributed by atoms with Crippen molar-refractivity contribution in [1.82, 2.24) is 4.72 Å². The zero-order valence-corrected chi connectivity index (χ0v) is 16.7. The van der Waals surface area contributed by atoms with Crippen molar-refractivity contribution in [2.45, 2.75) is 18.4 Å². The maximum atomic E-state index is 12.3. The second kappa shape index (κ2) is 9.05. The van der Waals surface area contributed by atoms with E-state index in [1.807, 2.05) is 31.2 Å². The lowest BCUT2D eigenvalue weighted by Gasteiger charge is -2.05. The molecule has 0 amide bonds. The Bertz CT molecular complexity index is 1040. The molecule has 1 heterocycles. The van der Waals surface area contributed by atoms with Gasteiger partial charge in [0, 0.05) is 5.02 Å². The molecule has 1 aromatic heterocycles. The van der Waals surface area contributed by atoms with Crippen molar-refractivity contribution in [3.63, 3.8) is 0 Å². The number of rotatable bonds is 8. The van der Waals surface area contributed by atoms with Gasteiger partial charge in [0.2, 0.25) is 10.0 Å². The van der Waals surface area contributed by atoms with Crippen LogP contribution in [0.5, 0.6) is 5.75 Å². The largest absolute Gasteiger partial charge is 0.494 e. The highest BCUT2D eigenvalue weighted by molar-refractivity contribution is 7.89. The second-order valence-corrected chi connectivity index (χ2v) is 7.97. The Morgan fingerprint density at radius 3 is 2.46 bits per heavy atom. The summed E-state index contributed by atoms with van der Waals surface area (Å²) in [6.07, 6.45) is 1.58. The van der Waals surface area contributed by atoms with Crippen molar-refractivity contribution < 1.29 is 17.6 Å². The van der Waals surface area contributed by atoms with Gasteiger partial charge in [0.05, 0.1) is 29.9 Å². The zero-order chi connectivity index (χ0) is 20.0. The Labute approximate surface area is 168 Å². The first kappa shape index (κ1) is 20.1. The summed E-state index contributed by atoms with van der Waals surface area (Å²) >= 11 is 5.78. The van der Waals surface area contributed by atoms with Crippen molar-refractivity contribution >= 4 is 33.5 Å². The van der Waals surface area contributed by atoms with E-state index in [1.165, 1.54) is 24.3 Å². The van der Waals surface area contributed by atoms with E-state index in [4.69, 9.17) is 20.8 Å². The normalized spacial score (nSPS) is 11.8. The minimum Gasteiger partial charge on any atom is -0.494 e.